The number of nitrogens with zero attached hydrogens (tertiary/aromatic N) is 1. The van der Waals surface area contributed by atoms with Crippen molar-refractivity contribution >= 4 is 5.97 Å². The summed E-state index contributed by atoms with van der Waals surface area (Å²) in [5.41, 5.74) is 1.71. The van der Waals surface area contributed by atoms with Crippen molar-refractivity contribution in [3.05, 3.63) is 65.7 Å². The van der Waals surface area contributed by atoms with E-state index in [-0.39, 0.29) is 0 Å². The zero-order valence-electron chi connectivity index (χ0n) is 13.9. The van der Waals surface area contributed by atoms with Crippen molar-refractivity contribution in [1.29, 1.82) is 0 Å². The molecule has 24 heavy (non-hydrogen) atoms. The smallest absolute Gasteiger partial charge is 0.310 e. The Bertz CT molecular complexity index is 684. The summed E-state index contributed by atoms with van der Waals surface area (Å²) in [5.74, 6) is 0.147. The van der Waals surface area contributed by atoms with E-state index in [2.05, 4.69) is 17.0 Å². The first-order valence-corrected chi connectivity index (χ1v) is 8.27. The van der Waals surface area contributed by atoms with Gasteiger partial charge in [-0.1, -0.05) is 42.5 Å². The number of carboxylic acids is 1. The van der Waals surface area contributed by atoms with Crippen molar-refractivity contribution in [2.45, 2.75) is 26.5 Å². The Kier molecular flexibility index (Phi) is 4.86. The van der Waals surface area contributed by atoms with E-state index in [4.69, 9.17) is 4.74 Å². The van der Waals surface area contributed by atoms with Gasteiger partial charge in [-0.15, -0.1) is 0 Å². The molecule has 4 heteroatoms. The Morgan fingerprint density at radius 1 is 1.12 bits per heavy atom. The summed E-state index contributed by atoms with van der Waals surface area (Å²) >= 11 is 0. The molecule has 3 rings (SSSR count). The van der Waals surface area contributed by atoms with Gasteiger partial charge in [-0.3, -0.25) is 9.69 Å². The molecule has 2 aromatic rings. The summed E-state index contributed by atoms with van der Waals surface area (Å²) in [6.45, 7) is 4.60. The lowest BCUT2D eigenvalue weighted by atomic mass is 9.90. The van der Waals surface area contributed by atoms with E-state index in [1.54, 1.807) is 0 Å². The Labute approximate surface area is 142 Å². The Morgan fingerprint density at radius 2 is 1.83 bits per heavy atom. The first-order chi connectivity index (χ1) is 11.5. The van der Waals surface area contributed by atoms with Gasteiger partial charge in [0.2, 0.25) is 0 Å². The highest BCUT2D eigenvalue weighted by molar-refractivity contribution is 5.74. The van der Waals surface area contributed by atoms with Crippen LogP contribution in [0.4, 0.5) is 0 Å². The molecule has 0 radical (unpaired) electrons. The fourth-order valence-corrected chi connectivity index (χ4v) is 3.06. The number of benzene rings is 2. The zero-order chi connectivity index (χ0) is 17.0. The number of hydrogen-bond donors (Lipinski definition) is 1. The highest BCUT2D eigenvalue weighted by Gasteiger charge is 2.40. The van der Waals surface area contributed by atoms with Gasteiger partial charge >= 0.3 is 5.97 Å². The second kappa shape index (κ2) is 7.05. The highest BCUT2D eigenvalue weighted by atomic mass is 16.5. The predicted octanol–water partition coefficient (Wildman–Crippen LogP) is 3.56. The number of ether oxygens (including phenoxy) is 1. The van der Waals surface area contributed by atoms with E-state index in [1.165, 1.54) is 5.56 Å². The maximum Gasteiger partial charge on any atom is 0.310 e. The monoisotopic (exact) mass is 325 g/mol. The van der Waals surface area contributed by atoms with Gasteiger partial charge in [0, 0.05) is 13.1 Å². The van der Waals surface area contributed by atoms with Crippen LogP contribution in [-0.2, 0) is 17.9 Å². The summed E-state index contributed by atoms with van der Waals surface area (Å²) in [7, 11) is 0. The molecule has 0 spiro atoms. The summed E-state index contributed by atoms with van der Waals surface area (Å²) < 4.78 is 5.79. The van der Waals surface area contributed by atoms with E-state index in [0.29, 0.717) is 19.6 Å². The van der Waals surface area contributed by atoms with Crippen molar-refractivity contribution in [3.63, 3.8) is 0 Å². The van der Waals surface area contributed by atoms with Gasteiger partial charge in [-0.05, 0) is 43.1 Å². The molecular formula is C20H23NO3. The molecular weight excluding hydrogens is 302 g/mol. The minimum atomic E-state index is -0.699. The second-order valence-electron chi connectivity index (χ2n) is 6.74. The molecule has 1 saturated heterocycles. The van der Waals surface area contributed by atoms with Crippen molar-refractivity contribution in [1.82, 2.24) is 4.90 Å². The predicted molar refractivity (Wildman–Crippen MR) is 92.9 cm³/mol. The zero-order valence-corrected chi connectivity index (χ0v) is 13.9. The maximum absolute atomic E-state index is 11.3. The van der Waals surface area contributed by atoms with Crippen LogP contribution in [0.1, 0.15) is 24.5 Å². The molecule has 0 aromatic heterocycles. The van der Waals surface area contributed by atoms with Crippen molar-refractivity contribution < 1.29 is 14.6 Å². The number of carboxylic acid groups (broad SMARTS) is 1. The van der Waals surface area contributed by atoms with Crippen LogP contribution in [0.15, 0.2) is 54.6 Å². The van der Waals surface area contributed by atoms with Gasteiger partial charge in [0.05, 0.1) is 5.41 Å². The molecule has 2 aromatic carbocycles. The number of aliphatic carboxylic acids is 1. The summed E-state index contributed by atoms with van der Waals surface area (Å²) in [6, 6.07) is 18.1. The second-order valence-corrected chi connectivity index (χ2v) is 6.74. The fraction of sp³-hybridized carbons (Fsp3) is 0.350. The lowest BCUT2D eigenvalue weighted by Gasteiger charge is -2.20. The Hall–Kier alpha value is -2.33. The van der Waals surface area contributed by atoms with Gasteiger partial charge in [-0.25, -0.2) is 0 Å². The van der Waals surface area contributed by atoms with Gasteiger partial charge in [0.1, 0.15) is 12.4 Å². The maximum atomic E-state index is 11.3. The van der Waals surface area contributed by atoms with Crippen LogP contribution >= 0.6 is 0 Å². The third-order valence-corrected chi connectivity index (χ3v) is 4.65. The van der Waals surface area contributed by atoms with E-state index in [9.17, 15) is 9.90 Å². The SMILES string of the molecule is CC1(C(=O)O)CCN(Cc2ccc(OCc3ccccc3)cc2)C1. The van der Waals surface area contributed by atoms with Crippen LogP contribution in [0.5, 0.6) is 5.75 Å². The minimum absolute atomic E-state index is 0.559. The summed E-state index contributed by atoms with van der Waals surface area (Å²) in [5, 5.41) is 9.30. The molecule has 1 fully saturated rings. The van der Waals surface area contributed by atoms with Gasteiger partial charge in [-0.2, -0.15) is 0 Å². The van der Waals surface area contributed by atoms with Crippen molar-refractivity contribution in [2.75, 3.05) is 13.1 Å². The lowest BCUT2D eigenvalue weighted by Crippen LogP contribution is -2.31. The average molecular weight is 325 g/mol. The standard InChI is InChI=1S/C20H23NO3/c1-20(19(22)23)11-12-21(15-20)13-16-7-9-18(10-8-16)24-14-17-5-3-2-4-6-17/h2-10H,11-15H2,1H3,(H,22,23). The quantitative estimate of drug-likeness (QED) is 0.882. The lowest BCUT2D eigenvalue weighted by molar-refractivity contribution is -0.147. The van der Waals surface area contributed by atoms with E-state index < -0.39 is 11.4 Å². The van der Waals surface area contributed by atoms with Crippen LogP contribution in [0.2, 0.25) is 0 Å². The molecule has 1 atom stereocenters. The summed E-state index contributed by atoms with van der Waals surface area (Å²) in [4.78, 5) is 13.5. The third kappa shape index (κ3) is 3.95. The van der Waals surface area contributed by atoms with Crippen molar-refractivity contribution in [2.24, 2.45) is 5.41 Å². The molecule has 0 amide bonds. The molecule has 1 heterocycles. The third-order valence-electron chi connectivity index (χ3n) is 4.65. The highest BCUT2D eigenvalue weighted by Crippen LogP contribution is 2.31. The molecule has 126 valence electrons. The van der Waals surface area contributed by atoms with Crippen molar-refractivity contribution in [3.8, 4) is 5.75 Å². The first kappa shape index (κ1) is 16.5. The molecule has 1 unspecified atom stereocenters. The van der Waals surface area contributed by atoms with E-state index >= 15 is 0 Å². The average Bonchev–Trinajstić information content (AvgIpc) is 2.98. The molecule has 0 saturated carbocycles. The van der Waals surface area contributed by atoms with Gasteiger partial charge < -0.3 is 9.84 Å². The fourth-order valence-electron chi connectivity index (χ4n) is 3.06. The van der Waals surface area contributed by atoms with Crippen LogP contribution in [0, 0.1) is 5.41 Å². The van der Waals surface area contributed by atoms with Crippen LogP contribution in [0.3, 0.4) is 0 Å². The van der Waals surface area contributed by atoms with E-state index in [0.717, 1.165) is 24.4 Å². The molecule has 4 nitrogen and oxygen atoms in total. The first-order valence-electron chi connectivity index (χ1n) is 8.27. The molecule has 1 aliphatic rings. The molecule has 1 aliphatic heterocycles. The normalized spacial score (nSPS) is 20.9. The largest absolute Gasteiger partial charge is 0.489 e. The Balaban J connectivity index is 1.53. The summed E-state index contributed by atoms with van der Waals surface area (Å²) in [6.07, 6.45) is 0.709. The van der Waals surface area contributed by atoms with Crippen LogP contribution in [0.25, 0.3) is 0 Å². The topological polar surface area (TPSA) is 49.8 Å². The number of rotatable bonds is 6. The van der Waals surface area contributed by atoms with Gasteiger partial charge in [0.25, 0.3) is 0 Å². The Morgan fingerprint density at radius 3 is 2.46 bits per heavy atom. The van der Waals surface area contributed by atoms with Gasteiger partial charge in [0.15, 0.2) is 0 Å². The van der Waals surface area contributed by atoms with Crippen LogP contribution < -0.4 is 4.74 Å². The molecule has 0 aliphatic carbocycles. The number of likely N-dealkylation sites (tertiary alicyclic amines) is 1. The number of hydrogen-bond acceptors (Lipinski definition) is 3. The molecule has 1 N–H and O–H groups in total. The van der Waals surface area contributed by atoms with E-state index in [1.807, 2.05) is 49.4 Å². The molecule has 0 bridgehead atoms. The number of carbonyl (C=O) groups is 1. The minimum Gasteiger partial charge on any atom is -0.489 e. The van der Waals surface area contributed by atoms with Crippen LogP contribution in [-0.4, -0.2) is 29.1 Å².